The number of benzene rings is 1. The Morgan fingerprint density at radius 1 is 1.33 bits per heavy atom. The van der Waals surface area contributed by atoms with E-state index in [2.05, 4.69) is 20.5 Å². The highest BCUT2D eigenvalue weighted by Gasteiger charge is 2.00. The van der Waals surface area contributed by atoms with Crippen molar-refractivity contribution in [1.29, 1.82) is 10.5 Å². The van der Waals surface area contributed by atoms with Gasteiger partial charge in [-0.15, -0.1) is 0 Å². The van der Waals surface area contributed by atoms with Crippen LogP contribution in [0.3, 0.4) is 0 Å². The second-order valence-corrected chi connectivity index (χ2v) is 3.31. The zero-order valence-electron chi connectivity index (χ0n) is 9.25. The summed E-state index contributed by atoms with van der Waals surface area (Å²) in [4.78, 5) is 7.12. The second kappa shape index (κ2) is 5.28. The standard InChI is InChI=1S/C12H8N6/c13-7-11(8-14)18-17-10-3-1-2-9(6-10)12-15-4-5-16-12/h1-6,17H,(H,15,16). The lowest BCUT2D eigenvalue weighted by Gasteiger charge is -2.02. The van der Waals surface area contributed by atoms with E-state index < -0.39 is 0 Å². The molecule has 0 spiro atoms. The predicted molar refractivity (Wildman–Crippen MR) is 66.3 cm³/mol. The lowest BCUT2D eigenvalue weighted by molar-refractivity contribution is 1.29. The highest BCUT2D eigenvalue weighted by Crippen LogP contribution is 2.18. The van der Waals surface area contributed by atoms with E-state index in [1.54, 1.807) is 30.6 Å². The molecule has 2 N–H and O–H groups in total. The number of hydrazone groups is 1. The molecule has 0 aliphatic heterocycles. The number of aromatic amines is 1. The minimum absolute atomic E-state index is 0.224. The number of hydrogen-bond donors (Lipinski definition) is 2. The van der Waals surface area contributed by atoms with E-state index in [0.29, 0.717) is 5.69 Å². The van der Waals surface area contributed by atoms with Crippen molar-refractivity contribution in [2.45, 2.75) is 0 Å². The Labute approximate surface area is 103 Å². The van der Waals surface area contributed by atoms with Crippen LogP contribution < -0.4 is 5.43 Å². The largest absolute Gasteiger partial charge is 0.345 e. The summed E-state index contributed by atoms with van der Waals surface area (Å²) >= 11 is 0. The van der Waals surface area contributed by atoms with Crippen LogP contribution in [-0.4, -0.2) is 15.7 Å². The van der Waals surface area contributed by atoms with Gasteiger partial charge < -0.3 is 4.98 Å². The summed E-state index contributed by atoms with van der Waals surface area (Å²) in [5, 5.41) is 20.8. The van der Waals surface area contributed by atoms with Gasteiger partial charge >= 0.3 is 0 Å². The fourth-order valence-corrected chi connectivity index (χ4v) is 1.35. The molecule has 2 rings (SSSR count). The fourth-order valence-electron chi connectivity index (χ4n) is 1.35. The molecule has 6 heteroatoms. The van der Waals surface area contributed by atoms with Crippen molar-refractivity contribution >= 4 is 11.4 Å². The van der Waals surface area contributed by atoms with Crippen molar-refractivity contribution in [3.8, 4) is 23.5 Å². The molecule has 0 aliphatic rings. The third-order valence-electron chi connectivity index (χ3n) is 2.14. The second-order valence-electron chi connectivity index (χ2n) is 3.31. The number of nitrogens with zero attached hydrogens (tertiary/aromatic N) is 4. The molecule has 0 amide bonds. The molecule has 0 saturated carbocycles. The van der Waals surface area contributed by atoms with E-state index in [9.17, 15) is 0 Å². The van der Waals surface area contributed by atoms with Crippen LogP contribution in [0.5, 0.6) is 0 Å². The number of hydrogen-bond acceptors (Lipinski definition) is 5. The van der Waals surface area contributed by atoms with Crippen LogP contribution in [0.2, 0.25) is 0 Å². The van der Waals surface area contributed by atoms with Gasteiger partial charge in [0.25, 0.3) is 0 Å². The molecule has 0 aliphatic carbocycles. The van der Waals surface area contributed by atoms with E-state index in [1.165, 1.54) is 0 Å². The van der Waals surface area contributed by atoms with E-state index >= 15 is 0 Å². The SMILES string of the molecule is N#CC(C#N)=NNc1cccc(-c2ncc[nH]2)c1. The van der Waals surface area contributed by atoms with Crippen LogP contribution in [0, 0.1) is 22.7 Å². The van der Waals surface area contributed by atoms with Crippen LogP contribution in [0.15, 0.2) is 41.8 Å². The van der Waals surface area contributed by atoms with Crippen LogP contribution in [0.4, 0.5) is 5.69 Å². The average molecular weight is 236 g/mol. The lowest BCUT2D eigenvalue weighted by Crippen LogP contribution is -1.96. The first kappa shape index (κ1) is 11.4. The van der Waals surface area contributed by atoms with E-state index in [0.717, 1.165) is 11.4 Å². The van der Waals surface area contributed by atoms with Crippen molar-refractivity contribution in [3.05, 3.63) is 36.7 Å². The monoisotopic (exact) mass is 236 g/mol. The Hall–Kier alpha value is -3.12. The highest BCUT2D eigenvalue weighted by atomic mass is 15.3. The first-order valence-electron chi connectivity index (χ1n) is 5.07. The van der Waals surface area contributed by atoms with E-state index in [4.69, 9.17) is 10.5 Å². The number of nitriles is 2. The zero-order valence-corrected chi connectivity index (χ0v) is 9.25. The van der Waals surface area contributed by atoms with Gasteiger partial charge in [0.05, 0.1) is 5.69 Å². The van der Waals surface area contributed by atoms with Gasteiger partial charge in [-0.1, -0.05) is 12.1 Å². The van der Waals surface area contributed by atoms with Crippen LogP contribution >= 0.6 is 0 Å². The average Bonchev–Trinajstić information content (AvgIpc) is 2.94. The Kier molecular flexibility index (Phi) is 3.34. The van der Waals surface area contributed by atoms with Crippen molar-refractivity contribution in [3.63, 3.8) is 0 Å². The van der Waals surface area contributed by atoms with Gasteiger partial charge in [0.2, 0.25) is 5.71 Å². The molecule has 2 aromatic rings. The zero-order chi connectivity index (χ0) is 12.8. The summed E-state index contributed by atoms with van der Waals surface area (Å²) in [7, 11) is 0. The predicted octanol–water partition coefficient (Wildman–Crippen LogP) is 1.89. The van der Waals surface area contributed by atoms with Gasteiger partial charge in [-0.25, -0.2) is 4.98 Å². The van der Waals surface area contributed by atoms with Gasteiger partial charge in [-0.05, 0) is 12.1 Å². The normalized spacial score (nSPS) is 9.00. The minimum atomic E-state index is -0.224. The van der Waals surface area contributed by atoms with Crippen molar-refractivity contribution < 1.29 is 0 Å². The molecule has 0 unspecified atom stereocenters. The van der Waals surface area contributed by atoms with Crippen LogP contribution in [0.25, 0.3) is 11.4 Å². The van der Waals surface area contributed by atoms with Crippen molar-refractivity contribution in [2.24, 2.45) is 5.10 Å². The summed E-state index contributed by atoms with van der Waals surface area (Å²) < 4.78 is 0. The van der Waals surface area contributed by atoms with E-state index in [-0.39, 0.29) is 5.71 Å². The molecule has 6 nitrogen and oxygen atoms in total. The van der Waals surface area contributed by atoms with Crippen molar-refractivity contribution in [1.82, 2.24) is 9.97 Å². The highest BCUT2D eigenvalue weighted by molar-refractivity contribution is 6.10. The minimum Gasteiger partial charge on any atom is -0.345 e. The molecule has 0 bridgehead atoms. The third kappa shape index (κ3) is 2.52. The Morgan fingerprint density at radius 2 is 2.17 bits per heavy atom. The summed E-state index contributed by atoms with van der Waals surface area (Å²) in [6, 6.07) is 10.7. The Morgan fingerprint density at radius 3 is 2.83 bits per heavy atom. The first-order chi connectivity index (χ1) is 8.83. The van der Waals surface area contributed by atoms with Gasteiger partial charge in [0, 0.05) is 18.0 Å². The number of H-pyrrole nitrogens is 1. The fraction of sp³-hybridized carbons (Fsp3) is 0. The summed E-state index contributed by atoms with van der Waals surface area (Å²) in [6.07, 6.45) is 3.40. The Bertz CT molecular complexity index is 626. The Balaban J connectivity index is 2.22. The van der Waals surface area contributed by atoms with E-state index in [1.807, 2.05) is 18.2 Å². The molecule has 0 saturated heterocycles. The maximum Gasteiger partial charge on any atom is 0.237 e. The molecule has 0 fully saturated rings. The van der Waals surface area contributed by atoms with Crippen LogP contribution in [0.1, 0.15) is 0 Å². The van der Waals surface area contributed by atoms with Gasteiger partial charge in [0.1, 0.15) is 18.0 Å². The number of anilines is 1. The molecule has 1 aromatic heterocycles. The van der Waals surface area contributed by atoms with Gasteiger partial charge in [-0.2, -0.15) is 15.6 Å². The number of nitrogens with one attached hydrogen (secondary N) is 2. The molecule has 86 valence electrons. The number of aromatic nitrogens is 2. The molecule has 0 radical (unpaired) electrons. The smallest absolute Gasteiger partial charge is 0.237 e. The molecule has 1 heterocycles. The topological polar surface area (TPSA) is 101 Å². The third-order valence-corrected chi connectivity index (χ3v) is 2.14. The quantitative estimate of drug-likeness (QED) is 0.627. The lowest BCUT2D eigenvalue weighted by atomic mass is 10.2. The summed E-state index contributed by atoms with van der Waals surface area (Å²) in [5.74, 6) is 0.739. The summed E-state index contributed by atoms with van der Waals surface area (Å²) in [5.41, 5.74) is 3.98. The molecule has 18 heavy (non-hydrogen) atoms. The molecule has 0 atom stereocenters. The number of rotatable bonds is 3. The summed E-state index contributed by atoms with van der Waals surface area (Å²) in [6.45, 7) is 0. The first-order valence-corrected chi connectivity index (χ1v) is 5.07. The maximum absolute atomic E-state index is 8.55. The molecular formula is C12H8N6. The van der Waals surface area contributed by atoms with Crippen LogP contribution in [-0.2, 0) is 0 Å². The number of imidazole rings is 1. The maximum atomic E-state index is 8.55. The molecule has 1 aromatic carbocycles. The van der Waals surface area contributed by atoms with Gasteiger partial charge in [0.15, 0.2) is 0 Å². The molecular weight excluding hydrogens is 228 g/mol. The van der Waals surface area contributed by atoms with Crippen molar-refractivity contribution in [2.75, 3.05) is 5.43 Å². The van der Waals surface area contributed by atoms with Gasteiger partial charge in [-0.3, -0.25) is 5.43 Å².